The molecule has 0 radical (unpaired) electrons. The molecular formula is C25H22ClF6N3O2S. The fourth-order valence-corrected chi connectivity index (χ4v) is 4.40. The van der Waals surface area contributed by atoms with Gasteiger partial charge in [-0.15, -0.1) is 0 Å². The molecule has 0 unspecified atom stereocenters. The van der Waals surface area contributed by atoms with Crippen molar-refractivity contribution in [3.05, 3.63) is 75.4 Å². The fourth-order valence-electron chi connectivity index (χ4n) is 3.73. The largest absolute Gasteiger partial charge is 0.416 e. The number of aliphatic hydroxyl groups is 1. The fraction of sp³-hybridized carbons (Fsp3) is 0.320. The highest BCUT2D eigenvalue weighted by atomic mass is 35.5. The quantitative estimate of drug-likeness (QED) is 0.137. The minimum Gasteiger partial charge on any atom is -0.396 e. The molecule has 0 aliphatic rings. The maximum Gasteiger partial charge on any atom is 0.416 e. The summed E-state index contributed by atoms with van der Waals surface area (Å²) in [5, 5.41) is 9.38. The van der Waals surface area contributed by atoms with Gasteiger partial charge in [0.05, 0.1) is 16.8 Å². The van der Waals surface area contributed by atoms with E-state index >= 15 is 0 Å². The number of halogens is 7. The highest BCUT2D eigenvalue weighted by Gasteiger charge is 2.37. The van der Waals surface area contributed by atoms with Crippen LogP contribution in [0.15, 0.2) is 47.6 Å². The molecule has 204 valence electrons. The molecule has 0 fully saturated rings. The summed E-state index contributed by atoms with van der Waals surface area (Å²) in [5.74, 6) is -0.805. The number of aromatic nitrogens is 2. The van der Waals surface area contributed by atoms with Gasteiger partial charge in [-0.3, -0.25) is 4.79 Å². The first-order valence-electron chi connectivity index (χ1n) is 11.1. The molecule has 0 saturated heterocycles. The maximum absolute atomic E-state index is 13.8. The average Bonchev–Trinajstić information content (AvgIpc) is 2.84. The third kappa shape index (κ3) is 6.97. The maximum atomic E-state index is 13.8. The molecule has 3 rings (SSSR count). The van der Waals surface area contributed by atoms with Gasteiger partial charge in [0.15, 0.2) is 5.16 Å². The summed E-state index contributed by atoms with van der Waals surface area (Å²) in [7, 11) is 0. The van der Waals surface area contributed by atoms with Gasteiger partial charge in [-0.05, 0) is 48.9 Å². The van der Waals surface area contributed by atoms with Crippen molar-refractivity contribution in [2.75, 3.05) is 19.4 Å². The molecule has 0 aliphatic carbocycles. The SMILES string of the molecule is CSc1nc(Cl)c(C(=O)N(CCCO)Cc2cc(C(F)(F)F)cc(C(F)(F)F)c2)c(-c2ccccc2C)n1. The second kappa shape index (κ2) is 11.9. The molecule has 3 aromatic rings. The normalized spacial score (nSPS) is 12.1. The van der Waals surface area contributed by atoms with Gasteiger partial charge in [0.2, 0.25) is 0 Å². The summed E-state index contributed by atoms with van der Waals surface area (Å²) < 4.78 is 80.3. The number of carbonyl (C=O) groups is 1. The number of amides is 1. The van der Waals surface area contributed by atoms with E-state index < -0.39 is 41.5 Å². The van der Waals surface area contributed by atoms with E-state index in [1.165, 1.54) is 11.8 Å². The van der Waals surface area contributed by atoms with Crippen molar-refractivity contribution in [3.8, 4) is 11.3 Å². The van der Waals surface area contributed by atoms with Crippen molar-refractivity contribution in [1.82, 2.24) is 14.9 Å². The van der Waals surface area contributed by atoms with Crippen LogP contribution in [-0.2, 0) is 18.9 Å². The summed E-state index contributed by atoms with van der Waals surface area (Å²) >= 11 is 7.58. The van der Waals surface area contributed by atoms with E-state index in [2.05, 4.69) is 9.97 Å². The lowest BCUT2D eigenvalue weighted by atomic mass is 10.0. The molecule has 1 N–H and O–H groups in total. The Hall–Kier alpha value is -2.83. The Morgan fingerprint density at radius 3 is 2.16 bits per heavy atom. The van der Waals surface area contributed by atoms with Crippen molar-refractivity contribution in [2.24, 2.45) is 0 Å². The van der Waals surface area contributed by atoms with Crippen molar-refractivity contribution < 1.29 is 36.2 Å². The van der Waals surface area contributed by atoms with Crippen LogP contribution in [0.5, 0.6) is 0 Å². The number of benzene rings is 2. The number of hydrogen-bond donors (Lipinski definition) is 1. The van der Waals surface area contributed by atoms with Crippen molar-refractivity contribution in [3.63, 3.8) is 0 Å². The number of rotatable bonds is 8. The molecule has 0 aliphatic heterocycles. The second-order valence-corrected chi connectivity index (χ2v) is 9.39. The van der Waals surface area contributed by atoms with Crippen LogP contribution in [0.1, 0.15) is 39.0 Å². The Morgan fingerprint density at radius 1 is 1.03 bits per heavy atom. The van der Waals surface area contributed by atoms with Crippen LogP contribution in [0.2, 0.25) is 5.15 Å². The van der Waals surface area contributed by atoms with Gasteiger partial charge in [0.1, 0.15) is 10.7 Å². The Morgan fingerprint density at radius 2 is 1.63 bits per heavy atom. The number of alkyl halides is 6. The smallest absolute Gasteiger partial charge is 0.396 e. The monoisotopic (exact) mass is 577 g/mol. The Kier molecular flexibility index (Phi) is 9.32. The summed E-state index contributed by atoms with van der Waals surface area (Å²) in [4.78, 5) is 23.4. The van der Waals surface area contributed by atoms with Gasteiger partial charge in [0.25, 0.3) is 5.91 Å². The number of hydrogen-bond acceptors (Lipinski definition) is 5. The molecule has 1 amide bonds. The predicted molar refractivity (Wildman–Crippen MR) is 132 cm³/mol. The highest BCUT2D eigenvalue weighted by Crippen LogP contribution is 2.37. The summed E-state index contributed by atoms with van der Waals surface area (Å²) in [6.45, 7) is 0.615. The van der Waals surface area contributed by atoms with E-state index in [0.717, 1.165) is 10.5 Å². The first kappa shape index (κ1) is 29.7. The van der Waals surface area contributed by atoms with Crippen LogP contribution in [0, 0.1) is 6.92 Å². The van der Waals surface area contributed by atoms with Gasteiger partial charge in [0, 0.05) is 25.3 Å². The molecule has 38 heavy (non-hydrogen) atoms. The zero-order chi connectivity index (χ0) is 28.3. The summed E-state index contributed by atoms with van der Waals surface area (Å²) in [6.07, 6.45) is -8.37. The van der Waals surface area contributed by atoms with Crippen LogP contribution in [-0.4, -0.2) is 45.3 Å². The number of thioether (sulfide) groups is 1. The number of carbonyl (C=O) groups excluding carboxylic acids is 1. The van der Waals surface area contributed by atoms with Crippen LogP contribution in [0.25, 0.3) is 11.3 Å². The number of aliphatic hydroxyl groups excluding tert-OH is 1. The molecular weight excluding hydrogens is 556 g/mol. The van der Waals surface area contributed by atoms with Crippen LogP contribution < -0.4 is 0 Å². The number of nitrogens with zero attached hydrogens (tertiary/aromatic N) is 3. The predicted octanol–water partition coefficient (Wildman–Crippen LogP) is 6.89. The highest BCUT2D eigenvalue weighted by molar-refractivity contribution is 7.98. The molecule has 0 spiro atoms. The van der Waals surface area contributed by atoms with E-state index in [1.807, 2.05) is 0 Å². The minimum atomic E-state index is -5.04. The van der Waals surface area contributed by atoms with Crippen molar-refractivity contribution in [2.45, 2.75) is 37.4 Å². The molecule has 0 saturated carbocycles. The van der Waals surface area contributed by atoms with Crippen molar-refractivity contribution in [1.29, 1.82) is 0 Å². The van der Waals surface area contributed by atoms with Gasteiger partial charge >= 0.3 is 12.4 Å². The Labute approximate surface area is 223 Å². The molecule has 0 atom stereocenters. The molecule has 2 aromatic carbocycles. The molecule has 1 aromatic heterocycles. The molecule has 1 heterocycles. The molecule has 5 nitrogen and oxygen atoms in total. The lowest BCUT2D eigenvalue weighted by molar-refractivity contribution is -0.143. The minimum absolute atomic E-state index is 0.0118. The topological polar surface area (TPSA) is 66.3 Å². The lowest BCUT2D eigenvalue weighted by Gasteiger charge is -2.25. The van der Waals surface area contributed by atoms with E-state index in [1.54, 1.807) is 37.4 Å². The third-order valence-electron chi connectivity index (χ3n) is 5.54. The summed E-state index contributed by atoms with van der Waals surface area (Å²) in [6, 6.07) is 8.12. The van der Waals surface area contributed by atoms with E-state index in [-0.39, 0.29) is 47.2 Å². The van der Waals surface area contributed by atoms with Crippen molar-refractivity contribution >= 4 is 29.3 Å². The molecule has 13 heteroatoms. The standard InChI is InChI=1S/C25H22ClF6N3O2S/c1-14-6-3-4-7-18(14)20-19(21(26)34-23(33-20)38-2)22(37)35(8-5-9-36)13-15-10-16(24(27,28)29)12-17(11-15)25(30,31)32/h3-4,6-7,10-12,36H,5,8-9,13H2,1-2H3. The lowest BCUT2D eigenvalue weighted by Crippen LogP contribution is -2.33. The third-order valence-corrected chi connectivity index (χ3v) is 6.36. The zero-order valence-corrected chi connectivity index (χ0v) is 21.7. The summed E-state index contributed by atoms with van der Waals surface area (Å²) in [5.41, 5.74) is -2.07. The van der Waals surface area contributed by atoms with Gasteiger partial charge in [-0.25, -0.2) is 9.97 Å². The zero-order valence-electron chi connectivity index (χ0n) is 20.1. The second-order valence-electron chi connectivity index (χ2n) is 8.26. The van der Waals surface area contributed by atoms with Crippen LogP contribution >= 0.6 is 23.4 Å². The number of aryl methyl sites for hydroxylation is 1. The average molecular weight is 578 g/mol. The Bertz CT molecular complexity index is 1280. The van der Waals surface area contributed by atoms with Gasteiger partial charge in [-0.2, -0.15) is 26.3 Å². The molecule has 0 bridgehead atoms. The van der Waals surface area contributed by atoms with E-state index in [9.17, 15) is 36.2 Å². The van der Waals surface area contributed by atoms with Gasteiger partial charge < -0.3 is 10.0 Å². The van der Waals surface area contributed by atoms with Crippen LogP contribution in [0.3, 0.4) is 0 Å². The first-order chi connectivity index (χ1) is 17.8. The first-order valence-corrected chi connectivity index (χ1v) is 12.7. The van der Waals surface area contributed by atoms with Crippen LogP contribution in [0.4, 0.5) is 26.3 Å². The Balaban J connectivity index is 2.15. The van der Waals surface area contributed by atoms with E-state index in [4.69, 9.17) is 11.6 Å². The van der Waals surface area contributed by atoms with E-state index in [0.29, 0.717) is 17.7 Å². The van der Waals surface area contributed by atoms with Gasteiger partial charge in [-0.1, -0.05) is 47.6 Å².